The highest BCUT2D eigenvalue weighted by atomic mass is 14.6. The lowest BCUT2D eigenvalue weighted by Crippen LogP contribution is -1.85. The summed E-state index contributed by atoms with van der Waals surface area (Å²) in [6.07, 6.45) is 1.87. The van der Waals surface area contributed by atoms with E-state index in [1.807, 2.05) is 12.3 Å². The third kappa shape index (κ3) is 1.65. The zero-order valence-corrected chi connectivity index (χ0v) is 15.1. The molecule has 1 nitrogen and oxygen atoms in total. The van der Waals surface area contributed by atoms with Crippen LogP contribution in [0.15, 0.2) is 91.1 Å². The molecular weight excluding hydrogens is 338 g/mol. The topological polar surface area (TPSA) is 12.9 Å². The number of hydrogen-bond acceptors (Lipinski definition) is 1. The predicted molar refractivity (Wildman–Crippen MR) is 119 cm³/mol. The number of rotatable bonds is 0. The van der Waals surface area contributed by atoms with Crippen molar-refractivity contribution in [3.05, 3.63) is 91.1 Å². The van der Waals surface area contributed by atoms with Crippen LogP contribution in [0.25, 0.3) is 65.5 Å². The van der Waals surface area contributed by atoms with Gasteiger partial charge in [-0.3, -0.25) is 4.98 Å². The van der Waals surface area contributed by atoms with Crippen LogP contribution in [0.1, 0.15) is 0 Å². The van der Waals surface area contributed by atoms with Crippen LogP contribution in [0.2, 0.25) is 0 Å². The van der Waals surface area contributed by atoms with Crippen molar-refractivity contribution in [1.29, 1.82) is 0 Å². The first-order chi connectivity index (χ1) is 13.9. The zero-order valence-electron chi connectivity index (χ0n) is 15.1. The van der Waals surface area contributed by atoms with Gasteiger partial charge in [0.25, 0.3) is 0 Å². The van der Waals surface area contributed by atoms with E-state index in [2.05, 4.69) is 83.8 Å². The Morgan fingerprint density at radius 3 is 2.36 bits per heavy atom. The van der Waals surface area contributed by atoms with Gasteiger partial charge in [0.1, 0.15) is 0 Å². The number of aromatic nitrogens is 1. The molecule has 0 radical (unpaired) electrons. The van der Waals surface area contributed by atoms with Gasteiger partial charge in [0.05, 0.1) is 5.52 Å². The van der Waals surface area contributed by atoms with Crippen LogP contribution in [-0.2, 0) is 0 Å². The van der Waals surface area contributed by atoms with Crippen LogP contribution in [0.4, 0.5) is 0 Å². The second kappa shape index (κ2) is 4.96. The monoisotopic (exact) mass is 353 g/mol. The molecule has 1 heterocycles. The minimum absolute atomic E-state index is 1.05. The van der Waals surface area contributed by atoms with Crippen molar-refractivity contribution in [3.63, 3.8) is 0 Å². The summed E-state index contributed by atoms with van der Waals surface area (Å²) in [5, 5.41) is 9.16. The van der Waals surface area contributed by atoms with Crippen molar-refractivity contribution >= 4 is 43.2 Å². The molecule has 1 heteroatoms. The number of nitrogens with zero attached hydrogens (tertiary/aromatic N) is 1. The lowest BCUT2D eigenvalue weighted by atomic mass is 9.94. The maximum absolute atomic E-state index is 4.60. The van der Waals surface area contributed by atoms with E-state index in [0.717, 1.165) is 5.52 Å². The average molecular weight is 353 g/mol. The maximum atomic E-state index is 4.60. The molecule has 0 aliphatic heterocycles. The van der Waals surface area contributed by atoms with Gasteiger partial charge in [-0.05, 0) is 72.8 Å². The zero-order chi connectivity index (χ0) is 18.2. The van der Waals surface area contributed by atoms with Crippen LogP contribution in [0.3, 0.4) is 0 Å². The number of pyridine rings is 1. The first-order valence-electron chi connectivity index (χ1n) is 9.66. The number of hydrogen-bond donors (Lipinski definition) is 0. The van der Waals surface area contributed by atoms with Gasteiger partial charge in [-0.25, -0.2) is 0 Å². The largest absolute Gasteiger partial charge is 0.256 e. The smallest absolute Gasteiger partial charge is 0.0708 e. The molecule has 0 amide bonds. The standard InChI is InChI=1S/C27H15N/c1-2-6-18-17(5-1)15-23-20-12-10-16-11-13-24-21(9-4-14-28-24)25(16)27(20)22-8-3-7-19(18)26(22)23/h1-15H. The molecule has 1 aromatic heterocycles. The molecule has 1 aliphatic rings. The third-order valence-electron chi connectivity index (χ3n) is 6.21. The molecule has 5 aromatic carbocycles. The average Bonchev–Trinajstić information content (AvgIpc) is 3.09. The third-order valence-corrected chi connectivity index (χ3v) is 6.21. The minimum Gasteiger partial charge on any atom is -0.256 e. The molecule has 7 rings (SSSR count). The molecule has 0 unspecified atom stereocenters. The van der Waals surface area contributed by atoms with E-state index >= 15 is 0 Å². The summed E-state index contributed by atoms with van der Waals surface area (Å²) < 4.78 is 0. The molecule has 0 spiro atoms. The van der Waals surface area contributed by atoms with Crippen LogP contribution >= 0.6 is 0 Å². The highest BCUT2D eigenvalue weighted by Gasteiger charge is 2.25. The summed E-state index contributed by atoms with van der Waals surface area (Å²) in [5.41, 5.74) is 6.43. The second-order valence-electron chi connectivity index (χ2n) is 7.60. The summed E-state index contributed by atoms with van der Waals surface area (Å²) >= 11 is 0. The van der Waals surface area contributed by atoms with Gasteiger partial charge in [0.2, 0.25) is 0 Å². The Morgan fingerprint density at radius 1 is 0.500 bits per heavy atom. The Kier molecular flexibility index (Phi) is 2.54. The highest BCUT2D eigenvalue weighted by Crippen LogP contribution is 2.52. The van der Waals surface area contributed by atoms with Crippen LogP contribution in [-0.4, -0.2) is 4.98 Å². The van der Waals surface area contributed by atoms with Gasteiger partial charge in [-0.1, -0.05) is 66.7 Å². The van der Waals surface area contributed by atoms with E-state index in [0.29, 0.717) is 0 Å². The van der Waals surface area contributed by atoms with E-state index in [-0.39, 0.29) is 0 Å². The molecule has 0 saturated heterocycles. The lowest BCUT2D eigenvalue weighted by molar-refractivity contribution is 1.42. The van der Waals surface area contributed by atoms with Crippen molar-refractivity contribution in [2.75, 3.05) is 0 Å². The normalized spacial score (nSPS) is 12.3. The Labute approximate surface area is 161 Å². The Bertz CT molecular complexity index is 1610. The predicted octanol–water partition coefficient (Wildman–Crippen LogP) is 7.34. The fourth-order valence-corrected chi connectivity index (χ4v) is 5.07. The summed E-state index contributed by atoms with van der Waals surface area (Å²) in [4.78, 5) is 4.60. The van der Waals surface area contributed by atoms with Gasteiger partial charge in [0, 0.05) is 11.6 Å². The van der Waals surface area contributed by atoms with E-state index < -0.39 is 0 Å². The van der Waals surface area contributed by atoms with Gasteiger partial charge in [-0.2, -0.15) is 0 Å². The SMILES string of the molecule is c1ccc2c(c1)cc1c3c(cccc32)-c2c-1ccc1ccc3ncccc3c21. The quantitative estimate of drug-likeness (QED) is 0.260. The fraction of sp³-hybridized carbons (Fsp3) is 0. The molecule has 0 fully saturated rings. The van der Waals surface area contributed by atoms with Crippen molar-refractivity contribution < 1.29 is 0 Å². The second-order valence-corrected chi connectivity index (χ2v) is 7.60. The maximum Gasteiger partial charge on any atom is 0.0708 e. The van der Waals surface area contributed by atoms with Crippen LogP contribution < -0.4 is 0 Å². The molecule has 0 atom stereocenters. The molecule has 0 saturated carbocycles. The van der Waals surface area contributed by atoms with E-state index in [1.165, 1.54) is 60.0 Å². The van der Waals surface area contributed by atoms with Crippen molar-refractivity contribution in [1.82, 2.24) is 4.98 Å². The van der Waals surface area contributed by atoms with Gasteiger partial charge in [0.15, 0.2) is 0 Å². The number of fused-ring (bicyclic) bond motifs is 9. The first-order valence-corrected chi connectivity index (χ1v) is 9.66. The fourth-order valence-electron chi connectivity index (χ4n) is 5.07. The van der Waals surface area contributed by atoms with Crippen molar-refractivity contribution in [3.8, 4) is 22.3 Å². The Morgan fingerprint density at radius 2 is 1.36 bits per heavy atom. The van der Waals surface area contributed by atoms with Crippen molar-refractivity contribution in [2.45, 2.75) is 0 Å². The lowest BCUT2D eigenvalue weighted by Gasteiger charge is -2.10. The summed E-state index contributed by atoms with van der Waals surface area (Å²) in [7, 11) is 0. The van der Waals surface area contributed by atoms with Gasteiger partial charge in [-0.15, -0.1) is 0 Å². The van der Waals surface area contributed by atoms with E-state index in [4.69, 9.17) is 0 Å². The summed E-state index contributed by atoms with van der Waals surface area (Å²) in [6, 6.07) is 30.9. The van der Waals surface area contributed by atoms with Crippen LogP contribution in [0, 0.1) is 0 Å². The Balaban J connectivity index is 1.77. The van der Waals surface area contributed by atoms with Crippen molar-refractivity contribution in [2.24, 2.45) is 0 Å². The molecule has 0 N–H and O–H groups in total. The number of benzene rings is 5. The molecular formula is C27H15N. The highest BCUT2D eigenvalue weighted by molar-refractivity contribution is 6.29. The molecule has 0 bridgehead atoms. The molecule has 28 heavy (non-hydrogen) atoms. The van der Waals surface area contributed by atoms with Crippen LogP contribution in [0.5, 0.6) is 0 Å². The summed E-state index contributed by atoms with van der Waals surface area (Å²) in [5.74, 6) is 0. The Hall–Kier alpha value is -3.71. The molecule has 128 valence electrons. The molecule has 1 aliphatic carbocycles. The summed E-state index contributed by atoms with van der Waals surface area (Å²) in [6.45, 7) is 0. The van der Waals surface area contributed by atoms with E-state index in [9.17, 15) is 0 Å². The first kappa shape index (κ1) is 14.4. The minimum atomic E-state index is 1.05. The van der Waals surface area contributed by atoms with Gasteiger partial charge < -0.3 is 0 Å². The van der Waals surface area contributed by atoms with Gasteiger partial charge >= 0.3 is 0 Å². The van der Waals surface area contributed by atoms with E-state index in [1.54, 1.807) is 0 Å². The molecule has 6 aromatic rings.